The summed E-state index contributed by atoms with van der Waals surface area (Å²) in [7, 11) is 3.21. The van der Waals surface area contributed by atoms with E-state index in [1.165, 1.54) is 0 Å². The van der Waals surface area contributed by atoms with Crippen molar-refractivity contribution in [2.45, 2.75) is 13.3 Å². The Balaban J connectivity index is 2.50. The molecule has 0 amide bonds. The van der Waals surface area contributed by atoms with Crippen molar-refractivity contribution >= 4 is 0 Å². The van der Waals surface area contributed by atoms with E-state index in [1.54, 1.807) is 31.2 Å². The molecule has 1 aromatic carbocycles. The second-order valence-corrected chi connectivity index (χ2v) is 4.04. The van der Waals surface area contributed by atoms with Crippen LogP contribution in [0.1, 0.15) is 11.3 Å². The fourth-order valence-electron chi connectivity index (χ4n) is 1.90. The molecule has 0 N–H and O–H groups in total. The van der Waals surface area contributed by atoms with E-state index in [2.05, 4.69) is 11.2 Å². The molecule has 0 spiro atoms. The number of ether oxygens (including phenoxy) is 2. The van der Waals surface area contributed by atoms with E-state index in [-0.39, 0.29) is 0 Å². The lowest BCUT2D eigenvalue weighted by molar-refractivity contribution is 0.392. The Hall–Kier alpha value is -2.48. The molecule has 0 aliphatic carbocycles. The normalized spacial score (nSPS) is 10.0. The second kappa shape index (κ2) is 5.44. The molecule has 0 aliphatic heterocycles. The molecule has 0 radical (unpaired) electrons. The van der Waals surface area contributed by atoms with Gasteiger partial charge in [-0.2, -0.15) is 10.4 Å². The summed E-state index contributed by atoms with van der Waals surface area (Å²) < 4.78 is 12.3. The van der Waals surface area contributed by atoms with Crippen molar-refractivity contribution in [3.63, 3.8) is 0 Å². The molecule has 19 heavy (non-hydrogen) atoms. The van der Waals surface area contributed by atoms with Crippen LogP contribution in [0.15, 0.2) is 24.4 Å². The highest BCUT2D eigenvalue weighted by molar-refractivity contribution is 5.51. The maximum absolute atomic E-state index is 8.76. The van der Waals surface area contributed by atoms with Gasteiger partial charge in [-0.25, -0.2) is 4.68 Å². The monoisotopic (exact) mass is 257 g/mol. The quantitative estimate of drug-likeness (QED) is 0.843. The Kier molecular flexibility index (Phi) is 3.71. The van der Waals surface area contributed by atoms with Crippen LogP contribution in [0.4, 0.5) is 0 Å². The first kappa shape index (κ1) is 13.0. The average molecular weight is 257 g/mol. The molecule has 1 heterocycles. The van der Waals surface area contributed by atoms with Crippen LogP contribution in [0.5, 0.6) is 11.5 Å². The van der Waals surface area contributed by atoms with Gasteiger partial charge in [-0.1, -0.05) is 0 Å². The average Bonchev–Trinajstić information content (AvgIpc) is 2.80. The molecule has 98 valence electrons. The predicted octanol–water partition coefficient (Wildman–Crippen LogP) is 2.26. The van der Waals surface area contributed by atoms with Gasteiger partial charge >= 0.3 is 0 Å². The Morgan fingerprint density at radius 3 is 2.74 bits per heavy atom. The number of nitriles is 1. The van der Waals surface area contributed by atoms with Crippen molar-refractivity contribution in [3.8, 4) is 23.3 Å². The zero-order valence-electron chi connectivity index (χ0n) is 11.2. The van der Waals surface area contributed by atoms with E-state index in [0.717, 1.165) is 22.7 Å². The molecule has 0 saturated heterocycles. The summed E-state index contributed by atoms with van der Waals surface area (Å²) in [6.07, 6.45) is 2.06. The van der Waals surface area contributed by atoms with Crippen LogP contribution < -0.4 is 9.47 Å². The number of benzene rings is 1. The van der Waals surface area contributed by atoms with Crippen molar-refractivity contribution in [2.75, 3.05) is 14.2 Å². The summed E-state index contributed by atoms with van der Waals surface area (Å²) >= 11 is 0. The molecule has 5 nitrogen and oxygen atoms in total. The molecule has 0 unspecified atom stereocenters. The molecule has 1 aromatic heterocycles. The summed E-state index contributed by atoms with van der Waals surface area (Å²) in [6.45, 7) is 1.93. The molecular weight excluding hydrogens is 242 g/mol. The first-order chi connectivity index (χ1) is 9.21. The fraction of sp³-hybridized carbons (Fsp3) is 0.286. The van der Waals surface area contributed by atoms with E-state index in [0.29, 0.717) is 12.2 Å². The number of hydrogen-bond acceptors (Lipinski definition) is 4. The largest absolute Gasteiger partial charge is 0.497 e. The summed E-state index contributed by atoms with van der Waals surface area (Å²) in [4.78, 5) is 0. The number of aromatic nitrogens is 2. The number of hydrogen-bond donors (Lipinski definition) is 0. The summed E-state index contributed by atoms with van der Waals surface area (Å²) in [5.41, 5.74) is 2.68. The summed E-state index contributed by atoms with van der Waals surface area (Å²) in [6, 6.07) is 7.67. The van der Waals surface area contributed by atoms with Crippen LogP contribution in [0, 0.1) is 18.3 Å². The van der Waals surface area contributed by atoms with Crippen LogP contribution >= 0.6 is 0 Å². The molecule has 0 bridgehead atoms. The third-order valence-corrected chi connectivity index (χ3v) is 3.00. The molecular formula is C14H15N3O2. The van der Waals surface area contributed by atoms with E-state index >= 15 is 0 Å². The Morgan fingerprint density at radius 1 is 1.32 bits per heavy atom. The van der Waals surface area contributed by atoms with Gasteiger partial charge in [-0.15, -0.1) is 0 Å². The SMILES string of the molecule is COc1ccc(-n2ncc(CC#N)c2C)c(OC)c1. The number of rotatable bonds is 4. The van der Waals surface area contributed by atoms with Crippen molar-refractivity contribution in [1.29, 1.82) is 5.26 Å². The minimum absolute atomic E-state index is 0.351. The maximum Gasteiger partial charge on any atom is 0.148 e. The van der Waals surface area contributed by atoms with Crippen molar-refractivity contribution in [1.82, 2.24) is 9.78 Å². The van der Waals surface area contributed by atoms with Crippen LogP contribution in [-0.4, -0.2) is 24.0 Å². The first-order valence-corrected chi connectivity index (χ1v) is 5.84. The van der Waals surface area contributed by atoms with E-state index in [1.807, 2.05) is 19.1 Å². The van der Waals surface area contributed by atoms with Crippen LogP contribution in [-0.2, 0) is 6.42 Å². The molecule has 0 saturated carbocycles. The van der Waals surface area contributed by atoms with Gasteiger partial charge in [0.2, 0.25) is 0 Å². The van der Waals surface area contributed by atoms with Crippen LogP contribution in [0.2, 0.25) is 0 Å². The highest BCUT2D eigenvalue weighted by Crippen LogP contribution is 2.28. The van der Waals surface area contributed by atoms with Gasteiger partial charge in [0.1, 0.15) is 17.2 Å². The molecule has 5 heteroatoms. The van der Waals surface area contributed by atoms with Crippen molar-refractivity contribution in [3.05, 3.63) is 35.7 Å². The lowest BCUT2D eigenvalue weighted by Gasteiger charge is -2.11. The molecule has 0 fully saturated rings. The lowest BCUT2D eigenvalue weighted by atomic mass is 10.2. The van der Waals surface area contributed by atoms with Gasteiger partial charge in [0, 0.05) is 17.3 Å². The zero-order chi connectivity index (χ0) is 13.8. The third-order valence-electron chi connectivity index (χ3n) is 3.00. The minimum atomic E-state index is 0.351. The second-order valence-electron chi connectivity index (χ2n) is 4.04. The Labute approximate surface area is 112 Å². The van der Waals surface area contributed by atoms with Gasteiger partial charge in [0.25, 0.3) is 0 Å². The number of nitrogens with zero attached hydrogens (tertiary/aromatic N) is 3. The number of methoxy groups -OCH3 is 2. The van der Waals surface area contributed by atoms with Gasteiger partial charge in [0.05, 0.1) is 32.9 Å². The summed E-state index contributed by atoms with van der Waals surface area (Å²) in [5.74, 6) is 1.40. The third kappa shape index (κ3) is 2.38. The smallest absolute Gasteiger partial charge is 0.148 e. The van der Waals surface area contributed by atoms with Crippen molar-refractivity contribution < 1.29 is 9.47 Å². The fourth-order valence-corrected chi connectivity index (χ4v) is 1.90. The van der Waals surface area contributed by atoms with E-state index in [9.17, 15) is 0 Å². The van der Waals surface area contributed by atoms with Gasteiger partial charge in [0.15, 0.2) is 0 Å². The standard InChI is InChI=1S/C14H15N3O2/c1-10-11(6-7-15)9-16-17(10)13-5-4-12(18-2)8-14(13)19-3/h4-5,8-9H,6H2,1-3H3. The maximum atomic E-state index is 8.76. The van der Waals surface area contributed by atoms with E-state index < -0.39 is 0 Å². The Bertz CT molecular complexity index is 626. The first-order valence-electron chi connectivity index (χ1n) is 5.84. The zero-order valence-corrected chi connectivity index (χ0v) is 11.2. The lowest BCUT2D eigenvalue weighted by Crippen LogP contribution is -2.02. The predicted molar refractivity (Wildman–Crippen MR) is 70.7 cm³/mol. The highest BCUT2D eigenvalue weighted by atomic mass is 16.5. The minimum Gasteiger partial charge on any atom is -0.497 e. The molecule has 2 aromatic rings. The molecule has 2 rings (SSSR count). The van der Waals surface area contributed by atoms with Gasteiger partial charge in [-0.05, 0) is 19.1 Å². The Morgan fingerprint density at radius 2 is 2.11 bits per heavy atom. The topological polar surface area (TPSA) is 60.1 Å². The van der Waals surface area contributed by atoms with Gasteiger partial charge < -0.3 is 9.47 Å². The highest BCUT2D eigenvalue weighted by Gasteiger charge is 2.12. The van der Waals surface area contributed by atoms with Crippen LogP contribution in [0.3, 0.4) is 0 Å². The van der Waals surface area contributed by atoms with Gasteiger partial charge in [-0.3, -0.25) is 0 Å². The van der Waals surface area contributed by atoms with Crippen molar-refractivity contribution in [2.24, 2.45) is 0 Å². The summed E-state index contributed by atoms with van der Waals surface area (Å²) in [5, 5.41) is 13.1. The van der Waals surface area contributed by atoms with Crippen LogP contribution in [0.25, 0.3) is 5.69 Å². The van der Waals surface area contributed by atoms with E-state index in [4.69, 9.17) is 14.7 Å². The molecule has 0 aliphatic rings. The molecule has 0 atom stereocenters.